The van der Waals surface area contributed by atoms with Crippen LogP contribution in [0.15, 0.2) is 36.9 Å². The van der Waals surface area contributed by atoms with Gasteiger partial charge in [0.15, 0.2) is 5.65 Å². The normalized spacial score (nSPS) is 10.8. The van der Waals surface area contributed by atoms with Gasteiger partial charge < -0.3 is 0 Å². The van der Waals surface area contributed by atoms with Crippen LogP contribution in [0, 0.1) is 3.70 Å². The SMILES string of the molecule is Clc1cc(-c2cnc3nccnc3c2)cnc1I. The molecule has 0 amide bonds. The highest BCUT2D eigenvalue weighted by Crippen LogP contribution is 2.25. The maximum atomic E-state index is 6.06. The van der Waals surface area contributed by atoms with Gasteiger partial charge in [-0.25, -0.2) is 15.0 Å². The second-order valence-electron chi connectivity index (χ2n) is 3.62. The lowest BCUT2D eigenvalue weighted by molar-refractivity contribution is 1.22. The molecule has 18 heavy (non-hydrogen) atoms. The molecule has 0 unspecified atom stereocenters. The van der Waals surface area contributed by atoms with Crippen LogP contribution in [0.5, 0.6) is 0 Å². The maximum absolute atomic E-state index is 6.06. The Morgan fingerprint density at radius 2 is 1.61 bits per heavy atom. The fourth-order valence-electron chi connectivity index (χ4n) is 1.59. The molecule has 0 aliphatic rings. The van der Waals surface area contributed by atoms with Crippen LogP contribution in [0.1, 0.15) is 0 Å². The zero-order chi connectivity index (χ0) is 12.5. The van der Waals surface area contributed by atoms with Gasteiger partial charge in [-0.05, 0) is 34.7 Å². The molecule has 0 aliphatic heterocycles. The number of hydrogen-bond donors (Lipinski definition) is 0. The molecule has 0 bridgehead atoms. The molecule has 0 N–H and O–H groups in total. The molecule has 3 heterocycles. The molecule has 4 nitrogen and oxygen atoms in total. The van der Waals surface area contributed by atoms with E-state index in [1.165, 1.54) is 0 Å². The Hall–Kier alpha value is -1.34. The summed E-state index contributed by atoms with van der Waals surface area (Å²) in [5.74, 6) is 0. The van der Waals surface area contributed by atoms with Crippen LogP contribution in [0.3, 0.4) is 0 Å². The number of hydrogen-bond acceptors (Lipinski definition) is 4. The van der Waals surface area contributed by atoms with E-state index in [1.807, 2.05) is 12.1 Å². The first kappa shape index (κ1) is 11.7. The number of pyridine rings is 2. The van der Waals surface area contributed by atoms with Gasteiger partial charge in [-0.2, -0.15) is 0 Å². The quantitative estimate of drug-likeness (QED) is 0.488. The van der Waals surface area contributed by atoms with Crippen molar-refractivity contribution in [3.8, 4) is 11.1 Å². The van der Waals surface area contributed by atoms with Crippen LogP contribution in [0.4, 0.5) is 0 Å². The summed E-state index contributed by atoms with van der Waals surface area (Å²) in [6, 6.07) is 3.80. The third-order valence-electron chi connectivity index (χ3n) is 2.45. The van der Waals surface area contributed by atoms with Crippen molar-refractivity contribution in [2.24, 2.45) is 0 Å². The zero-order valence-electron chi connectivity index (χ0n) is 9.01. The lowest BCUT2D eigenvalue weighted by atomic mass is 10.1. The Balaban J connectivity index is 2.16. The van der Waals surface area contributed by atoms with Gasteiger partial charge in [-0.1, -0.05) is 11.6 Å². The summed E-state index contributed by atoms with van der Waals surface area (Å²) in [6.07, 6.45) is 6.79. The predicted molar refractivity (Wildman–Crippen MR) is 78.3 cm³/mol. The van der Waals surface area contributed by atoms with Crippen molar-refractivity contribution in [2.45, 2.75) is 0 Å². The van der Waals surface area contributed by atoms with Crippen LogP contribution in [-0.2, 0) is 0 Å². The summed E-state index contributed by atoms with van der Waals surface area (Å²) in [7, 11) is 0. The van der Waals surface area contributed by atoms with Crippen LogP contribution in [-0.4, -0.2) is 19.9 Å². The summed E-state index contributed by atoms with van der Waals surface area (Å²) < 4.78 is 0.784. The molecular formula is C12H6ClIN4. The van der Waals surface area contributed by atoms with Gasteiger partial charge >= 0.3 is 0 Å². The predicted octanol–water partition coefficient (Wildman–Crippen LogP) is 3.34. The average Bonchev–Trinajstić information content (AvgIpc) is 2.41. The number of rotatable bonds is 1. The van der Waals surface area contributed by atoms with Crippen LogP contribution in [0.2, 0.25) is 5.02 Å². The smallest absolute Gasteiger partial charge is 0.178 e. The second kappa shape index (κ2) is 4.74. The van der Waals surface area contributed by atoms with E-state index in [0.717, 1.165) is 20.3 Å². The summed E-state index contributed by atoms with van der Waals surface area (Å²) in [4.78, 5) is 16.8. The fourth-order valence-corrected chi connectivity index (χ4v) is 2.06. The molecule has 0 saturated heterocycles. The molecule has 3 rings (SSSR count). The molecule has 0 radical (unpaired) electrons. The van der Waals surface area contributed by atoms with E-state index in [4.69, 9.17) is 11.6 Å². The van der Waals surface area contributed by atoms with Crippen LogP contribution in [0.25, 0.3) is 22.3 Å². The minimum absolute atomic E-state index is 0.630. The Morgan fingerprint density at radius 1 is 0.889 bits per heavy atom. The highest BCUT2D eigenvalue weighted by Gasteiger charge is 2.05. The highest BCUT2D eigenvalue weighted by molar-refractivity contribution is 14.1. The third-order valence-corrected chi connectivity index (χ3v) is 3.92. The van der Waals surface area contributed by atoms with Gasteiger partial charge in [0.25, 0.3) is 0 Å². The zero-order valence-corrected chi connectivity index (χ0v) is 11.9. The number of aromatic nitrogens is 4. The van der Waals surface area contributed by atoms with Gasteiger partial charge in [-0.15, -0.1) is 0 Å². The molecule has 6 heteroatoms. The van der Waals surface area contributed by atoms with Crippen molar-refractivity contribution in [3.63, 3.8) is 0 Å². The van der Waals surface area contributed by atoms with Crippen molar-refractivity contribution in [2.75, 3.05) is 0 Å². The molecule has 0 saturated carbocycles. The summed E-state index contributed by atoms with van der Waals surface area (Å²) in [5, 5.41) is 0.632. The van der Waals surface area contributed by atoms with E-state index in [1.54, 1.807) is 24.8 Å². The molecule has 3 aromatic rings. The fraction of sp³-hybridized carbons (Fsp3) is 0. The van der Waals surface area contributed by atoms with E-state index >= 15 is 0 Å². The van der Waals surface area contributed by atoms with Crippen molar-refractivity contribution in [1.29, 1.82) is 0 Å². The van der Waals surface area contributed by atoms with Crippen LogP contribution < -0.4 is 0 Å². The lowest BCUT2D eigenvalue weighted by Gasteiger charge is -2.03. The van der Waals surface area contributed by atoms with Gasteiger partial charge in [0.2, 0.25) is 0 Å². The largest absolute Gasteiger partial charge is 0.251 e. The van der Waals surface area contributed by atoms with Gasteiger partial charge in [0.1, 0.15) is 9.22 Å². The topological polar surface area (TPSA) is 51.6 Å². The van der Waals surface area contributed by atoms with Crippen molar-refractivity contribution in [1.82, 2.24) is 19.9 Å². The summed E-state index contributed by atoms with van der Waals surface area (Å²) >= 11 is 8.16. The van der Waals surface area contributed by atoms with E-state index in [0.29, 0.717) is 10.7 Å². The maximum Gasteiger partial charge on any atom is 0.178 e. The molecular weight excluding hydrogens is 363 g/mol. The molecule has 88 valence electrons. The average molecular weight is 369 g/mol. The van der Waals surface area contributed by atoms with E-state index in [-0.39, 0.29) is 0 Å². The minimum Gasteiger partial charge on any atom is -0.251 e. The van der Waals surface area contributed by atoms with E-state index in [9.17, 15) is 0 Å². The van der Waals surface area contributed by atoms with Crippen molar-refractivity contribution in [3.05, 3.63) is 45.6 Å². The first-order valence-electron chi connectivity index (χ1n) is 5.12. The molecule has 0 fully saturated rings. The number of fused-ring (bicyclic) bond motifs is 1. The highest BCUT2D eigenvalue weighted by atomic mass is 127. The number of nitrogens with zero attached hydrogens (tertiary/aromatic N) is 4. The first-order valence-corrected chi connectivity index (χ1v) is 6.58. The molecule has 0 spiro atoms. The van der Waals surface area contributed by atoms with Crippen molar-refractivity contribution >= 4 is 45.4 Å². The lowest BCUT2D eigenvalue weighted by Crippen LogP contribution is -1.89. The monoisotopic (exact) mass is 368 g/mol. The standard InChI is InChI=1S/C12H6ClIN4/c13-9-3-7(5-17-11(9)14)8-4-10-12(18-6-8)16-2-1-15-10/h1-6H. The van der Waals surface area contributed by atoms with E-state index < -0.39 is 0 Å². The van der Waals surface area contributed by atoms with Crippen molar-refractivity contribution < 1.29 is 0 Å². The first-order chi connectivity index (χ1) is 8.74. The van der Waals surface area contributed by atoms with Crippen LogP contribution >= 0.6 is 34.2 Å². The molecule has 0 aliphatic carbocycles. The summed E-state index contributed by atoms with van der Waals surface area (Å²) in [5.41, 5.74) is 3.23. The Labute approximate surface area is 122 Å². The Bertz CT molecular complexity index is 732. The number of halogens is 2. The molecule has 0 atom stereocenters. The third kappa shape index (κ3) is 2.15. The second-order valence-corrected chi connectivity index (χ2v) is 5.05. The Kier molecular flexibility index (Phi) is 3.09. The van der Waals surface area contributed by atoms with Gasteiger partial charge in [-0.3, -0.25) is 4.98 Å². The van der Waals surface area contributed by atoms with E-state index in [2.05, 4.69) is 42.5 Å². The Morgan fingerprint density at radius 3 is 2.44 bits per heavy atom. The van der Waals surface area contributed by atoms with Gasteiger partial charge in [0.05, 0.1) is 5.02 Å². The minimum atomic E-state index is 0.630. The molecule has 3 aromatic heterocycles. The van der Waals surface area contributed by atoms with Gasteiger partial charge in [0, 0.05) is 35.9 Å². The summed E-state index contributed by atoms with van der Waals surface area (Å²) in [6.45, 7) is 0. The molecule has 0 aromatic carbocycles.